The van der Waals surface area contributed by atoms with Gasteiger partial charge in [-0.15, -0.1) is 0 Å². The molecule has 1 saturated carbocycles. The Bertz CT molecular complexity index is 551. The van der Waals surface area contributed by atoms with E-state index in [9.17, 15) is 14.7 Å². The first kappa shape index (κ1) is 16.0. The molecule has 1 heterocycles. The highest BCUT2D eigenvalue weighted by Gasteiger charge is 2.31. The van der Waals surface area contributed by atoms with Crippen LogP contribution in [0.15, 0.2) is 12.1 Å². The summed E-state index contributed by atoms with van der Waals surface area (Å²) in [4.78, 5) is 27.1. The number of hydrogen-bond donors (Lipinski definition) is 2. The average molecular weight is 331 g/mol. The number of hydrogen-bond acceptors (Lipinski definition) is 3. The molecular formula is C14H16Cl2N2O3. The summed E-state index contributed by atoms with van der Waals surface area (Å²) >= 11 is 11.6. The molecule has 7 heteroatoms. The van der Waals surface area contributed by atoms with Gasteiger partial charge in [0.1, 0.15) is 10.3 Å². The van der Waals surface area contributed by atoms with Crippen LogP contribution in [0.25, 0.3) is 0 Å². The number of carboxylic acid groups (broad SMARTS) is 1. The van der Waals surface area contributed by atoms with E-state index in [1.165, 1.54) is 12.1 Å². The summed E-state index contributed by atoms with van der Waals surface area (Å²) in [7, 11) is 0. The number of nitrogens with zero attached hydrogens (tertiary/aromatic N) is 1. The number of amides is 1. The minimum Gasteiger partial charge on any atom is -0.481 e. The summed E-state index contributed by atoms with van der Waals surface area (Å²) in [5, 5.41) is 12.2. The molecule has 0 aliphatic heterocycles. The van der Waals surface area contributed by atoms with Crippen molar-refractivity contribution in [2.24, 2.45) is 11.8 Å². The molecule has 21 heavy (non-hydrogen) atoms. The van der Waals surface area contributed by atoms with Gasteiger partial charge in [-0.25, -0.2) is 4.98 Å². The second kappa shape index (κ2) is 7.09. The number of carbonyl (C=O) groups excluding carboxylic acids is 1. The monoisotopic (exact) mass is 330 g/mol. The van der Waals surface area contributed by atoms with Gasteiger partial charge in [0.25, 0.3) is 5.91 Å². The van der Waals surface area contributed by atoms with Gasteiger partial charge in [-0.3, -0.25) is 9.59 Å². The van der Waals surface area contributed by atoms with Crippen LogP contribution >= 0.6 is 23.2 Å². The smallest absolute Gasteiger partial charge is 0.306 e. The molecule has 0 spiro atoms. The van der Waals surface area contributed by atoms with Crippen LogP contribution in [0.1, 0.15) is 36.0 Å². The highest BCUT2D eigenvalue weighted by atomic mass is 35.5. The molecule has 2 unspecified atom stereocenters. The Hall–Kier alpha value is -1.33. The molecule has 0 aromatic carbocycles. The van der Waals surface area contributed by atoms with Gasteiger partial charge in [0.05, 0.1) is 11.5 Å². The number of aromatic nitrogens is 1. The van der Waals surface area contributed by atoms with Gasteiger partial charge in [-0.2, -0.15) is 0 Å². The van der Waals surface area contributed by atoms with E-state index in [2.05, 4.69) is 10.3 Å². The van der Waals surface area contributed by atoms with Crippen LogP contribution in [0.3, 0.4) is 0 Å². The Kier molecular flexibility index (Phi) is 5.42. The Morgan fingerprint density at radius 2 is 2.00 bits per heavy atom. The Morgan fingerprint density at radius 3 is 2.67 bits per heavy atom. The first-order valence-electron chi connectivity index (χ1n) is 6.82. The molecule has 114 valence electrons. The minimum atomic E-state index is -0.792. The third-order valence-electron chi connectivity index (χ3n) is 3.81. The fourth-order valence-corrected chi connectivity index (χ4v) is 3.11. The van der Waals surface area contributed by atoms with Crippen LogP contribution in [0, 0.1) is 11.8 Å². The third-order valence-corrected chi connectivity index (χ3v) is 4.31. The van der Waals surface area contributed by atoms with Crippen molar-refractivity contribution in [1.82, 2.24) is 10.3 Å². The van der Waals surface area contributed by atoms with E-state index in [1.54, 1.807) is 0 Å². The molecule has 0 saturated heterocycles. The van der Waals surface area contributed by atoms with Crippen LogP contribution in [-0.4, -0.2) is 28.5 Å². The molecule has 1 aromatic rings. The normalized spacial score (nSPS) is 21.8. The summed E-state index contributed by atoms with van der Waals surface area (Å²) in [6.45, 7) is 0.328. The van der Waals surface area contributed by atoms with E-state index in [4.69, 9.17) is 23.2 Å². The molecule has 0 radical (unpaired) electrons. The fourth-order valence-electron chi connectivity index (χ4n) is 2.68. The zero-order valence-electron chi connectivity index (χ0n) is 11.3. The van der Waals surface area contributed by atoms with E-state index in [0.717, 1.165) is 19.3 Å². The summed E-state index contributed by atoms with van der Waals surface area (Å²) in [5.41, 5.74) is 0.240. The number of rotatable bonds is 4. The van der Waals surface area contributed by atoms with Crippen molar-refractivity contribution in [3.8, 4) is 0 Å². The van der Waals surface area contributed by atoms with Crippen molar-refractivity contribution in [2.45, 2.75) is 25.7 Å². The van der Waals surface area contributed by atoms with Crippen molar-refractivity contribution >= 4 is 35.1 Å². The number of pyridine rings is 1. The van der Waals surface area contributed by atoms with Gasteiger partial charge in [-0.1, -0.05) is 36.0 Å². The maximum Gasteiger partial charge on any atom is 0.306 e. The lowest BCUT2D eigenvalue weighted by atomic mass is 9.79. The number of halogens is 2. The summed E-state index contributed by atoms with van der Waals surface area (Å²) in [5.74, 6) is -1.59. The zero-order chi connectivity index (χ0) is 15.4. The molecule has 0 bridgehead atoms. The Balaban J connectivity index is 1.98. The van der Waals surface area contributed by atoms with E-state index in [1.807, 2.05) is 0 Å². The second-order valence-corrected chi connectivity index (χ2v) is 5.92. The van der Waals surface area contributed by atoms with Crippen molar-refractivity contribution in [1.29, 1.82) is 0 Å². The first-order chi connectivity index (χ1) is 9.99. The highest BCUT2D eigenvalue weighted by molar-refractivity contribution is 6.34. The Labute approximate surface area is 132 Å². The lowest BCUT2D eigenvalue weighted by molar-refractivity contribution is -0.144. The first-order valence-corrected chi connectivity index (χ1v) is 7.57. The molecule has 1 fully saturated rings. The molecule has 2 atom stereocenters. The molecule has 2 N–H and O–H groups in total. The quantitative estimate of drug-likeness (QED) is 0.831. The van der Waals surface area contributed by atoms with Gasteiger partial charge in [0, 0.05) is 6.54 Å². The predicted octanol–water partition coefficient (Wildman–Crippen LogP) is 3.01. The average Bonchev–Trinajstić information content (AvgIpc) is 2.45. The second-order valence-electron chi connectivity index (χ2n) is 5.17. The van der Waals surface area contributed by atoms with Gasteiger partial charge in [0.2, 0.25) is 0 Å². The van der Waals surface area contributed by atoms with Gasteiger partial charge >= 0.3 is 5.97 Å². The van der Waals surface area contributed by atoms with Crippen LogP contribution in [-0.2, 0) is 4.79 Å². The van der Waals surface area contributed by atoms with Crippen molar-refractivity contribution in [3.05, 3.63) is 28.0 Å². The number of nitrogens with one attached hydrogen (secondary N) is 1. The fraction of sp³-hybridized carbons (Fsp3) is 0.500. The van der Waals surface area contributed by atoms with Crippen LogP contribution in [0.2, 0.25) is 10.3 Å². The van der Waals surface area contributed by atoms with Crippen LogP contribution < -0.4 is 5.32 Å². The van der Waals surface area contributed by atoms with Crippen molar-refractivity contribution in [3.63, 3.8) is 0 Å². The molecule has 1 amide bonds. The third kappa shape index (κ3) is 4.08. The Morgan fingerprint density at radius 1 is 1.29 bits per heavy atom. The zero-order valence-corrected chi connectivity index (χ0v) is 12.8. The van der Waals surface area contributed by atoms with Crippen molar-refractivity contribution in [2.75, 3.05) is 6.54 Å². The lowest BCUT2D eigenvalue weighted by Gasteiger charge is -2.28. The standard InChI is InChI=1S/C14H16Cl2N2O3/c15-11-6-5-10(12(16)18-11)13(19)17-7-8-3-1-2-4-9(8)14(20)21/h5-6,8-9H,1-4,7H2,(H,17,19)(H,20,21). The van der Waals surface area contributed by atoms with Crippen LogP contribution in [0.5, 0.6) is 0 Å². The summed E-state index contributed by atoms with van der Waals surface area (Å²) in [6.07, 6.45) is 3.39. The number of aliphatic carboxylic acids is 1. The minimum absolute atomic E-state index is 0.0402. The highest BCUT2D eigenvalue weighted by Crippen LogP contribution is 2.29. The van der Waals surface area contributed by atoms with Gasteiger partial charge < -0.3 is 10.4 Å². The molecule has 1 aliphatic rings. The SMILES string of the molecule is O=C(NCC1CCCCC1C(=O)O)c1ccc(Cl)nc1Cl. The van der Waals surface area contributed by atoms with E-state index < -0.39 is 11.9 Å². The number of carbonyl (C=O) groups is 2. The molecule has 5 nitrogen and oxygen atoms in total. The summed E-state index contributed by atoms with van der Waals surface area (Å²) < 4.78 is 0. The predicted molar refractivity (Wildman–Crippen MR) is 79.7 cm³/mol. The van der Waals surface area contributed by atoms with E-state index in [0.29, 0.717) is 13.0 Å². The molecule has 1 aliphatic carbocycles. The largest absolute Gasteiger partial charge is 0.481 e. The maximum atomic E-state index is 12.1. The molecule has 1 aromatic heterocycles. The topological polar surface area (TPSA) is 79.3 Å². The van der Waals surface area contributed by atoms with Gasteiger partial charge in [0.15, 0.2) is 0 Å². The molecular weight excluding hydrogens is 315 g/mol. The molecule has 2 rings (SSSR count). The summed E-state index contributed by atoms with van der Waals surface area (Å²) in [6, 6.07) is 2.99. The van der Waals surface area contributed by atoms with Gasteiger partial charge in [-0.05, 0) is 30.9 Å². The number of carboxylic acids is 1. The van der Waals surface area contributed by atoms with E-state index in [-0.39, 0.29) is 27.7 Å². The van der Waals surface area contributed by atoms with Crippen LogP contribution in [0.4, 0.5) is 0 Å². The maximum absolute atomic E-state index is 12.1. The lowest BCUT2D eigenvalue weighted by Crippen LogP contribution is -2.37. The van der Waals surface area contributed by atoms with E-state index >= 15 is 0 Å². The van der Waals surface area contributed by atoms with Crippen molar-refractivity contribution < 1.29 is 14.7 Å².